The van der Waals surface area contributed by atoms with Crippen molar-refractivity contribution in [3.05, 3.63) is 63.8 Å². The molecule has 0 aliphatic carbocycles. The Labute approximate surface area is 173 Å². The minimum absolute atomic E-state index is 0.0489. The zero-order chi connectivity index (χ0) is 21.3. The molecule has 2 amide bonds. The predicted molar refractivity (Wildman–Crippen MR) is 109 cm³/mol. The van der Waals surface area contributed by atoms with Gasteiger partial charge in [-0.1, -0.05) is 0 Å². The van der Waals surface area contributed by atoms with Crippen molar-refractivity contribution >= 4 is 17.5 Å². The van der Waals surface area contributed by atoms with E-state index >= 15 is 0 Å². The van der Waals surface area contributed by atoms with Gasteiger partial charge in [0, 0.05) is 43.9 Å². The number of methoxy groups -OCH3 is 1. The molecule has 4 rings (SSSR count). The number of nitrogens with zero attached hydrogens (tertiary/aromatic N) is 2. The highest BCUT2D eigenvalue weighted by atomic mass is 19.1. The first-order chi connectivity index (χ1) is 14.5. The first-order valence-electron chi connectivity index (χ1n) is 10.0. The first kappa shape index (κ1) is 20.3. The van der Waals surface area contributed by atoms with Gasteiger partial charge in [-0.25, -0.2) is 4.39 Å². The predicted octanol–water partition coefficient (Wildman–Crippen LogP) is 2.22. The highest BCUT2D eigenvalue weighted by molar-refractivity contribution is 5.94. The molecule has 7 nitrogen and oxygen atoms in total. The maximum absolute atomic E-state index is 13.2. The van der Waals surface area contributed by atoms with Crippen molar-refractivity contribution in [3.63, 3.8) is 0 Å². The Morgan fingerprint density at radius 2 is 1.90 bits per heavy atom. The number of halogens is 1. The summed E-state index contributed by atoms with van der Waals surface area (Å²) in [4.78, 5) is 39.5. The number of rotatable bonds is 5. The van der Waals surface area contributed by atoms with Gasteiger partial charge in [0.25, 0.3) is 11.5 Å². The van der Waals surface area contributed by atoms with Crippen LogP contribution in [0.15, 0.2) is 41.2 Å². The number of anilines is 1. The van der Waals surface area contributed by atoms with Crippen LogP contribution in [0.2, 0.25) is 0 Å². The summed E-state index contributed by atoms with van der Waals surface area (Å²) in [5, 5.41) is 2.67. The van der Waals surface area contributed by atoms with E-state index in [0.717, 1.165) is 12.1 Å². The van der Waals surface area contributed by atoms with Crippen LogP contribution in [0.1, 0.15) is 34.8 Å². The largest absolute Gasteiger partial charge is 0.384 e. The number of likely N-dealkylation sites (tertiary alicyclic amines) is 1. The maximum atomic E-state index is 13.2. The van der Waals surface area contributed by atoms with Gasteiger partial charge in [0.15, 0.2) is 0 Å². The lowest BCUT2D eigenvalue weighted by atomic mass is 9.83. The number of piperidine rings is 1. The normalized spacial score (nSPS) is 19.9. The Kier molecular flexibility index (Phi) is 5.67. The summed E-state index contributed by atoms with van der Waals surface area (Å²) in [6.45, 7) is 1.84. The second-order valence-corrected chi connectivity index (χ2v) is 7.89. The third-order valence-corrected chi connectivity index (χ3v) is 5.79. The Hall–Kier alpha value is -3.00. The highest BCUT2D eigenvalue weighted by Gasteiger charge is 2.37. The van der Waals surface area contributed by atoms with Gasteiger partial charge in [-0.2, -0.15) is 0 Å². The summed E-state index contributed by atoms with van der Waals surface area (Å²) in [5.41, 5.74) is 1.39. The second kappa shape index (κ2) is 8.39. The summed E-state index contributed by atoms with van der Waals surface area (Å²) in [6.07, 6.45) is 1.09. The first-order valence-corrected chi connectivity index (χ1v) is 10.0. The van der Waals surface area contributed by atoms with E-state index in [0.29, 0.717) is 31.8 Å². The lowest BCUT2D eigenvalue weighted by Crippen LogP contribution is -2.49. The number of carbonyl (C=O) groups excluding carboxylic acids is 2. The number of fused-ring (bicyclic) bond motifs is 4. The van der Waals surface area contributed by atoms with E-state index in [1.54, 1.807) is 15.5 Å². The van der Waals surface area contributed by atoms with Crippen LogP contribution in [-0.4, -0.2) is 48.1 Å². The molecule has 1 N–H and O–H groups in total. The van der Waals surface area contributed by atoms with Crippen molar-refractivity contribution in [3.8, 4) is 0 Å². The van der Waals surface area contributed by atoms with Crippen molar-refractivity contribution in [2.24, 2.45) is 5.92 Å². The van der Waals surface area contributed by atoms with Gasteiger partial charge < -0.3 is 19.5 Å². The van der Waals surface area contributed by atoms with Gasteiger partial charge >= 0.3 is 0 Å². The number of pyridine rings is 1. The monoisotopic (exact) mass is 413 g/mol. The number of hydrogen-bond acceptors (Lipinski definition) is 4. The van der Waals surface area contributed by atoms with E-state index in [2.05, 4.69) is 5.32 Å². The van der Waals surface area contributed by atoms with E-state index in [9.17, 15) is 18.8 Å². The molecule has 0 saturated carbocycles. The van der Waals surface area contributed by atoms with E-state index < -0.39 is 0 Å². The third-order valence-electron chi connectivity index (χ3n) is 5.79. The molecule has 1 saturated heterocycles. The molecule has 158 valence electrons. The van der Waals surface area contributed by atoms with Crippen LogP contribution in [0.5, 0.6) is 0 Å². The molecule has 2 atom stereocenters. The zero-order valence-electron chi connectivity index (χ0n) is 16.8. The molecule has 3 heterocycles. The molecule has 0 radical (unpaired) electrons. The molecule has 2 aromatic rings. The molecule has 1 fully saturated rings. The van der Waals surface area contributed by atoms with Gasteiger partial charge in [-0.3, -0.25) is 14.4 Å². The quantitative estimate of drug-likeness (QED) is 0.815. The van der Waals surface area contributed by atoms with Gasteiger partial charge in [-0.15, -0.1) is 0 Å². The number of hydrogen-bond donors (Lipinski definition) is 1. The van der Waals surface area contributed by atoms with Gasteiger partial charge in [0.2, 0.25) is 5.91 Å². The van der Waals surface area contributed by atoms with Gasteiger partial charge in [0.1, 0.15) is 11.5 Å². The minimum atomic E-state index is -0.375. The van der Waals surface area contributed by atoms with Gasteiger partial charge in [0.05, 0.1) is 13.0 Å². The Morgan fingerprint density at radius 1 is 1.13 bits per heavy atom. The van der Waals surface area contributed by atoms with E-state index in [1.165, 1.54) is 31.4 Å². The van der Waals surface area contributed by atoms with Crippen molar-refractivity contribution in [2.45, 2.75) is 25.3 Å². The number of benzene rings is 1. The molecule has 2 aliphatic rings. The van der Waals surface area contributed by atoms with Crippen LogP contribution in [-0.2, 0) is 16.1 Å². The summed E-state index contributed by atoms with van der Waals surface area (Å²) in [7, 11) is 1.52. The number of aromatic nitrogens is 1. The molecule has 2 aliphatic heterocycles. The molecule has 2 bridgehead atoms. The fourth-order valence-corrected chi connectivity index (χ4v) is 4.39. The van der Waals surface area contributed by atoms with Crippen LogP contribution < -0.4 is 10.9 Å². The average Bonchev–Trinajstić information content (AvgIpc) is 2.74. The van der Waals surface area contributed by atoms with Crippen molar-refractivity contribution in [1.82, 2.24) is 9.47 Å². The molecule has 0 spiro atoms. The lowest BCUT2D eigenvalue weighted by molar-refractivity contribution is -0.117. The Bertz CT molecular complexity index is 1020. The number of nitrogens with one attached hydrogen (secondary N) is 1. The summed E-state index contributed by atoms with van der Waals surface area (Å²) >= 11 is 0. The van der Waals surface area contributed by atoms with Crippen molar-refractivity contribution < 1.29 is 18.7 Å². The number of carbonyl (C=O) groups is 2. The minimum Gasteiger partial charge on any atom is -0.384 e. The van der Waals surface area contributed by atoms with E-state index in [1.807, 2.05) is 6.07 Å². The highest BCUT2D eigenvalue weighted by Crippen LogP contribution is 2.36. The number of amides is 2. The van der Waals surface area contributed by atoms with Crippen LogP contribution in [0.3, 0.4) is 0 Å². The second-order valence-electron chi connectivity index (χ2n) is 7.89. The summed E-state index contributed by atoms with van der Waals surface area (Å²) in [5.74, 6) is -0.560. The van der Waals surface area contributed by atoms with Crippen molar-refractivity contribution in [2.75, 3.05) is 32.1 Å². The standard InChI is InChI=1S/C22H24FN3O4/c1-30-9-8-20(27)24-18-6-7-19-16-10-14(12-26(19)22(18)29)11-25(13-16)21(28)15-2-4-17(23)5-3-15/h2-7,14,16H,8-13H2,1H3,(H,24,27). The van der Waals surface area contributed by atoms with E-state index in [4.69, 9.17) is 4.74 Å². The van der Waals surface area contributed by atoms with Crippen LogP contribution in [0.4, 0.5) is 10.1 Å². The average molecular weight is 413 g/mol. The Balaban J connectivity index is 1.53. The molecule has 2 unspecified atom stereocenters. The van der Waals surface area contributed by atoms with Crippen LogP contribution in [0.25, 0.3) is 0 Å². The molecular weight excluding hydrogens is 389 g/mol. The Morgan fingerprint density at radius 3 is 2.63 bits per heavy atom. The number of ether oxygens (including phenoxy) is 1. The fourth-order valence-electron chi connectivity index (χ4n) is 4.39. The molecule has 30 heavy (non-hydrogen) atoms. The lowest BCUT2D eigenvalue weighted by Gasteiger charge is -2.43. The fraction of sp³-hybridized carbons (Fsp3) is 0.409. The third kappa shape index (κ3) is 4.00. The molecular formula is C22H24FN3O4. The van der Waals surface area contributed by atoms with Crippen LogP contribution >= 0.6 is 0 Å². The maximum Gasteiger partial charge on any atom is 0.274 e. The SMILES string of the molecule is COCCC(=O)Nc1ccc2n(c1=O)CC1CC2CN(C(=O)c2ccc(F)cc2)C1. The topological polar surface area (TPSA) is 80.6 Å². The van der Waals surface area contributed by atoms with E-state index in [-0.39, 0.29) is 47.1 Å². The smallest absolute Gasteiger partial charge is 0.274 e. The van der Waals surface area contributed by atoms with Gasteiger partial charge in [-0.05, 0) is 48.7 Å². The summed E-state index contributed by atoms with van der Waals surface area (Å²) in [6, 6.07) is 9.07. The summed E-state index contributed by atoms with van der Waals surface area (Å²) < 4.78 is 19.8. The molecule has 1 aromatic carbocycles. The van der Waals surface area contributed by atoms with Crippen molar-refractivity contribution in [1.29, 1.82) is 0 Å². The zero-order valence-corrected chi connectivity index (χ0v) is 16.8. The molecule has 1 aromatic heterocycles. The van der Waals surface area contributed by atoms with Crippen LogP contribution in [0, 0.1) is 11.7 Å². The molecule has 8 heteroatoms.